The van der Waals surface area contributed by atoms with Gasteiger partial charge in [0.2, 0.25) is 5.96 Å². The largest absolute Gasteiger partial charge is 0.454 e. The van der Waals surface area contributed by atoms with Crippen molar-refractivity contribution in [1.29, 1.82) is 0 Å². The van der Waals surface area contributed by atoms with E-state index in [1.807, 2.05) is 0 Å². The van der Waals surface area contributed by atoms with Crippen LogP contribution in [0.2, 0.25) is 5.02 Å². The molecule has 1 atom stereocenters. The van der Waals surface area contributed by atoms with E-state index in [0.717, 1.165) is 0 Å². The molecule has 9 heteroatoms. The Bertz CT molecular complexity index is 1290. The highest BCUT2D eigenvalue weighted by molar-refractivity contribution is 7.90. The smallest absolute Gasteiger partial charge is 0.266 e. The highest BCUT2D eigenvalue weighted by Crippen LogP contribution is 2.40. The molecule has 31 heavy (non-hydrogen) atoms. The van der Waals surface area contributed by atoms with Crippen LogP contribution in [0, 0.1) is 12.7 Å². The number of halogens is 2. The first-order chi connectivity index (χ1) is 14.7. The standard InChI is InChI=1S/C22H19ClFN3O3S/c1-13-11-19(30-18-10-6-4-8-16(18)23)21-20(12-13)31(28,29)27-22(26-21)25-14(2)15-7-3-5-9-17(15)24/h3-12,14H,1-2H3,(H2,25,26,27). The lowest BCUT2D eigenvalue weighted by atomic mass is 10.1. The van der Waals surface area contributed by atoms with Gasteiger partial charge in [0.1, 0.15) is 22.1 Å². The van der Waals surface area contributed by atoms with Crippen molar-refractivity contribution in [2.75, 3.05) is 5.32 Å². The molecule has 1 aliphatic heterocycles. The summed E-state index contributed by atoms with van der Waals surface area (Å²) < 4.78 is 48.3. The van der Waals surface area contributed by atoms with Crippen molar-refractivity contribution < 1.29 is 17.5 Å². The van der Waals surface area contributed by atoms with Crippen molar-refractivity contribution in [2.24, 2.45) is 4.99 Å². The van der Waals surface area contributed by atoms with Gasteiger partial charge in [0.05, 0.1) is 11.1 Å². The minimum absolute atomic E-state index is 0.0204. The maximum absolute atomic E-state index is 14.1. The zero-order valence-corrected chi connectivity index (χ0v) is 18.3. The molecule has 1 heterocycles. The van der Waals surface area contributed by atoms with Crippen LogP contribution in [0.3, 0.4) is 0 Å². The lowest BCUT2D eigenvalue weighted by Crippen LogP contribution is -2.41. The van der Waals surface area contributed by atoms with Crippen molar-refractivity contribution in [3.05, 3.63) is 82.6 Å². The molecule has 2 N–H and O–H groups in total. The normalized spacial score (nSPS) is 16.7. The Labute approximate surface area is 184 Å². The van der Waals surface area contributed by atoms with Gasteiger partial charge in [-0.15, -0.1) is 0 Å². The third-order valence-electron chi connectivity index (χ3n) is 4.71. The number of para-hydroxylation sites is 1. The average Bonchev–Trinajstić information content (AvgIpc) is 2.70. The summed E-state index contributed by atoms with van der Waals surface area (Å²) in [6.07, 6.45) is 0. The highest BCUT2D eigenvalue weighted by Gasteiger charge is 2.30. The monoisotopic (exact) mass is 459 g/mol. The number of sulfonamides is 1. The minimum Gasteiger partial charge on any atom is -0.454 e. The van der Waals surface area contributed by atoms with Gasteiger partial charge in [-0.05, 0) is 49.7 Å². The second kappa shape index (κ2) is 8.20. The summed E-state index contributed by atoms with van der Waals surface area (Å²) in [4.78, 5) is 4.36. The molecule has 0 amide bonds. The van der Waals surface area contributed by atoms with Gasteiger partial charge >= 0.3 is 0 Å². The zero-order chi connectivity index (χ0) is 22.2. The van der Waals surface area contributed by atoms with Gasteiger partial charge in [-0.1, -0.05) is 41.9 Å². The molecule has 3 aromatic rings. The van der Waals surface area contributed by atoms with Crippen molar-refractivity contribution in [3.63, 3.8) is 0 Å². The van der Waals surface area contributed by atoms with Crippen LogP contribution in [0.4, 0.5) is 10.1 Å². The summed E-state index contributed by atoms with van der Waals surface area (Å²) in [5.41, 5.74) is 1.26. The number of hydrogen-bond donors (Lipinski definition) is 2. The van der Waals surface area contributed by atoms with Crippen LogP contribution < -0.4 is 14.8 Å². The van der Waals surface area contributed by atoms with Crippen molar-refractivity contribution >= 4 is 33.3 Å². The number of benzene rings is 3. The maximum atomic E-state index is 14.1. The van der Waals surface area contributed by atoms with Crippen LogP contribution in [0.15, 0.2) is 70.6 Å². The Balaban J connectivity index is 1.76. The predicted molar refractivity (Wildman–Crippen MR) is 119 cm³/mol. The molecule has 1 aliphatic rings. The number of nitrogens with zero attached hydrogens (tertiary/aromatic N) is 1. The Morgan fingerprint density at radius 3 is 2.52 bits per heavy atom. The zero-order valence-electron chi connectivity index (χ0n) is 16.7. The van der Waals surface area contributed by atoms with Crippen molar-refractivity contribution in [2.45, 2.75) is 24.8 Å². The minimum atomic E-state index is -3.93. The molecule has 0 saturated carbocycles. The summed E-state index contributed by atoms with van der Waals surface area (Å²) in [6, 6.07) is 15.7. The first-order valence-electron chi connectivity index (χ1n) is 9.44. The number of fused-ring (bicyclic) bond motifs is 1. The molecular formula is C22H19ClFN3O3S. The lowest BCUT2D eigenvalue weighted by Gasteiger charge is -2.25. The number of nitrogens with one attached hydrogen (secondary N) is 2. The Hall–Kier alpha value is -3.10. The maximum Gasteiger partial charge on any atom is 0.266 e. The predicted octanol–water partition coefficient (Wildman–Crippen LogP) is 5.40. The molecule has 160 valence electrons. The van der Waals surface area contributed by atoms with E-state index < -0.39 is 21.9 Å². The summed E-state index contributed by atoms with van der Waals surface area (Å²) in [5.74, 6) is 0.209. The fourth-order valence-corrected chi connectivity index (χ4v) is 4.65. The van der Waals surface area contributed by atoms with Gasteiger partial charge in [-0.3, -0.25) is 0 Å². The van der Waals surface area contributed by atoms with E-state index in [4.69, 9.17) is 16.3 Å². The molecule has 6 nitrogen and oxygen atoms in total. The van der Waals surface area contributed by atoms with Crippen molar-refractivity contribution in [3.8, 4) is 11.5 Å². The first-order valence-corrected chi connectivity index (χ1v) is 11.3. The lowest BCUT2D eigenvalue weighted by molar-refractivity contribution is 0.482. The third-order valence-corrected chi connectivity index (χ3v) is 6.38. The van der Waals surface area contributed by atoms with Gasteiger partial charge in [-0.25, -0.2) is 22.5 Å². The molecule has 4 rings (SSSR count). The van der Waals surface area contributed by atoms with E-state index in [1.54, 1.807) is 62.4 Å². The van der Waals surface area contributed by atoms with E-state index in [1.165, 1.54) is 12.1 Å². The number of hydrogen-bond acceptors (Lipinski definition) is 4. The number of ether oxygens (including phenoxy) is 1. The number of anilines is 1. The summed E-state index contributed by atoms with van der Waals surface area (Å²) in [7, 11) is -3.93. The summed E-state index contributed by atoms with van der Waals surface area (Å²) >= 11 is 6.20. The Morgan fingerprint density at radius 2 is 1.77 bits per heavy atom. The second-order valence-corrected chi connectivity index (χ2v) is 9.13. The van der Waals surface area contributed by atoms with Gasteiger partial charge in [0, 0.05) is 5.56 Å². The van der Waals surface area contributed by atoms with E-state index in [2.05, 4.69) is 15.0 Å². The fraction of sp³-hybridized carbons (Fsp3) is 0.136. The molecule has 0 radical (unpaired) electrons. The highest BCUT2D eigenvalue weighted by atomic mass is 35.5. The number of aliphatic imine (C=N–C) groups is 1. The molecule has 3 aromatic carbocycles. The SMILES string of the molecule is Cc1cc(Oc2ccccc2Cl)c2c(c1)S(=O)(=O)NC(=NC(C)c1ccccc1F)N2. The third kappa shape index (κ3) is 4.35. The number of rotatable bonds is 4. The topological polar surface area (TPSA) is 79.8 Å². The van der Waals surface area contributed by atoms with Gasteiger partial charge in [-0.2, -0.15) is 0 Å². The molecular weight excluding hydrogens is 441 g/mol. The molecule has 0 aromatic heterocycles. The van der Waals surface area contributed by atoms with Gasteiger partial charge < -0.3 is 10.1 Å². The summed E-state index contributed by atoms with van der Waals surface area (Å²) in [6.45, 7) is 3.44. The number of aryl methyl sites for hydroxylation is 1. The molecule has 0 bridgehead atoms. The van der Waals surface area contributed by atoms with Crippen LogP contribution in [0.25, 0.3) is 0 Å². The number of guanidine groups is 1. The quantitative estimate of drug-likeness (QED) is 0.547. The molecule has 0 fully saturated rings. The fourth-order valence-electron chi connectivity index (χ4n) is 3.24. The van der Waals surface area contributed by atoms with Crippen LogP contribution >= 0.6 is 11.6 Å². The van der Waals surface area contributed by atoms with Crippen LogP contribution in [0.5, 0.6) is 11.5 Å². The second-order valence-electron chi connectivity index (χ2n) is 7.07. The van der Waals surface area contributed by atoms with E-state index in [9.17, 15) is 12.8 Å². The molecule has 0 spiro atoms. The average molecular weight is 460 g/mol. The first kappa shape index (κ1) is 21.1. The Kier molecular flexibility index (Phi) is 5.60. The van der Waals surface area contributed by atoms with E-state index in [-0.39, 0.29) is 22.3 Å². The Morgan fingerprint density at radius 1 is 1.06 bits per heavy atom. The molecule has 0 aliphatic carbocycles. The van der Waals surface area contributed by atoms with E-state index >= 15 is 0 Å². The molecule has 1 unspecified atom stereocenters. The van der Waals surface area contributed by atoms with Gasteiger partial charge in [0.15, 0.2) is 5.75 Å². The van der Waals surface area contributed by atoms with Crippen LogP contribution in [-0.4, -0.2) is 14.4 Å². The van der Waals surface area contributed by atoms with Crippen LogP contribution in [0.1, 0.15) is 24.1 Å². The van der Waals surface area contributed by atoms with Crippen LogP contribution in [-0.2, 0) is 10.0 Å². The van der Waals surface area contributed by atoms with E-state index in [0.29, 0.717) is 21.9 Å². The van der Waals surface area contributed by atoms with Gasteiger partial charge in [0.25, 0.3) is 10.0 Å². The van der Waals surface area contributed by atoms with Crippen molar-refractivity contribution in [1.82, 2.24) is 4.72 Å². The summed E-state index contributed by atoms with van der Waals surface area (Å²) in [5, 5.41) is 3.36. The molecule has 0 saturated heterocycles.